The molecule has 2 heterocycles. The van der Waals surface area contributed by atoms with E-state index in [2.05, 4.69) is 37.4 Å². The van der Waals surface area contributed by atoms with Gasteiger partial charge in [0.15, 0.2) is 0 Å². The first-order valence-corrected chi connectivity index (χ1v) is 6.50. The second kappa shape index (κ2) is 3.67. The number of thiophene rings is 1. The molecule has 0 aliphatic carbocycles. The highest BCUT2D eigenvalue weighted by Crippen LogP contribution is 2.40. The number of fused-ring (bicyclic) bond motifs is 3. The molecule has 0 unspecified atom stereocenters. The molecule has 16 heavy (non-hydrogen) atoms. The van der Waals surface area contributed by atoms with Gasteiger partial charge in [-0.1, -0.05) is 13.8 Å². The van der Waals surface area contributed by atoms with Crippen LogP contribution in [0.5, 0.6) is 5.75 Å². The maximum absolute atomic E-state index is 5.64. The van der Waals surface area contributed by atoms with Gasteiger partial charge in [-0.3, -0.25) is 0 Å². The van der Waals surface area contributed by atoms with E-state index in [0.29, 0.717) is 5.92 Å². The lowest BCUT2D eigenvalue weighted by Gasteiger charge is -2.19. The molecule has 84 valence electrons. The first-order valence-electron chi connectivity index (χ1n) is 5.69. The Kier molecular flexibility index (Phi) is 2.28. The zero-order chi connectivity index (χ0) is 11.1. The van der Waals surface area contributed by atoms with Crippen molar-refractivity contribution in [2.24, 2.45) is 0 Å². The smallest absolute Gasteiger partial charge is 0.143 e. The van der Waals surface area contributed by atoms with Crippen molar-refractivity contribution >= 4 is 27.1 Å². The van der Waals surface area contributed by atoms with E-state index < -0.39 is 0 Å². The van der Waals surface area contributed by atoms with E-state index in [1.807, 2.05) is 11.3 Å². The van der Waals surface area contributed by atoms with Crippen molar-refractivity contribution in [2.75, 3.05) is 18.5 Å². The molecule has 0 amide bonds. The first kappa shape index (κ1) is 9.97. The predicted octanol–water partition coefficient (Wildman–Crippen LogP) is 3.83. The predicted molar refractivity (Wildman–Crippen MR) is 69.9 cm³/mol. The van der Waals surface area contributed by atoms with Crippen molar-refractivity contribution in [3.8, 4) is 5.75 Å². The standard InChI is InChI=1S/C13H15NOS/c1-8(2)12-7-9-11(16-12)4-3-10-13(9)14-5-6-15-10/h3-4,7-8,14H,5-6H2,1-2H3. The molecule has 1 aromatic carbocycles. The largest absolute Gasteiger partial charge is 0.490 e. The topological polar surface area (TPSA) is 21.3 Å². The highest BCUT2D eigenvalue weighted by Gasteiger charge is 2.15. The highest BCUT2D eigenvalue weighted by atomic mass is 32.1. The fraction of sp³-hybridized carbons (Fsp3) is 0.385. The Labute approximate surface area is 99.2 Å². The third kappa shape index (κ3) is 1.47. The van der Waals surface area contributed by atoms with Crippen LogP contribution in [0.3, 0.4) is 0 Å². The summed E-state index contributed by atoms with van der Waals surface area (Å²) in [5.74, 6) is 1.59. The second-order valence-electron chi connectivity index (χ2n) is 4.43. The van der Waals surface area contributed by atoms with Gasteiger partial charge in [-0.2, -0.15) is 0 Å². The maximum atomic E-state index is 5.64. The van der Waals surface area contributed by atoms with Crippen molar-refractivity contribution in [1.82, 2.24) is 0 Å². The van der Waals surface area contributed by atoms with E-state index in [4.69, 9.17) is 4.74 Å². The summed E-state index contributed by atoms with van der Waals surface area (Å²) in [5, 5.41) is 4.75. The number of hydrogen-bond acceptors (Lipinski definition) is 3. The fourth-order valence-electron chi connectivity index (χ4n) is 2.04. The molecule has 1 N–H and O–H groups in total. The quantitative estimate of drug-likeness (QED) is 0.808. The summed E-state index contributed by atoms with van der Waals surface area (Å²) >= 11 is 1.88. The van der Waals surface area contributed by atoms with Crippen molar-refractivity contribution < 1.29 is 4.74 Å². The third-order valence-electron chi connectivity index (χ3n) is 2.91. The van der Waals surface area contributed by atoms with Crippen LogP contribution in [-0.2, 0) is 0 Å². The number of hydrogen-bond donors (Lipinski definition) is 1. The van der Waals surface area contributed by atoms with Crippen LogP contribution in [-0.4, -0.2) is 13.2 Å². The zero-order valence-electron chi connectivity index (χ0n) is 9.54. The summed E-state index contributed by atoms with van der Waals surface area (Å²) in [5.41, 5.74) is 1.17. The third-order valence-corrected chi connectivity index (χ3v) is 4.31. The molecule has 3 heteroatoms. The van der Waals surface area contributed by atoms with E-state index in [0.717, 1.165) is 18.9 Å². The average Bonchev–Trinajstić information content (AvgIpc) is 2.73. The molecule has 0 atom stereocenters. The number of benzene rings is 1. The monoisotopic (exact) mass is 233 g/mol. The minimum Gasteiger partial charge on any atom is -0.490 e. The van der Waals surface area contributed by atoms with Crippen molar-refractivity contribution in [1.29, 1.82) is 0 Å². The van der Waals surface area contributed by atoms with Gasteiger partial charge in [0.25, 0.3) is 0 Å². The minimum atomic E-state index is 0.595. The van der Waals surface area contributed by atoms with Gasteiger partial charge in [0.1, 0.15) is 12.4 Å². The van der Waals surface area contributed by atoms with E-state index in [9.17, 15) is 0 Å². The molecule has 0 radical (unpaired) electrons. The molecular weight excluding hydrogens is 218 g/mol. The fourth-order valence-corrected chi connectivity index (χ4v) is 3.11. The lowest BCUT2D eigenvalue weighted by Crippen LogP contribution is -2.17. The average molecular weight is 233 g/mol. The molecule has 2 aromatic rings. The molecule has 2 nitrogen and oxygen atoms in total. The molecule has 1 aromatic heterocycles. The van der Waals surface area contributed by atoms with E-state index in [1.165, 1.54) is 20.7 Å². The molecule has 1 aliphatic heterocycles. The lowest BCUT2D eigenvalue weighted by atomic mass is 10.1. The number of rotatable bonds is 1. The maximum Gasteiger partial charge on any atom is 0.143 e. The molecule has 3 rings (SSSR count). The molecular formula is C13H15NOS. The van der Waals surface area contributed by atoms with Crippen LogP contribution in [0.1, 0.15) is 24.6 Å². The Balaban J connectivity index is 2.22. The normalized spacial score (nSPS) is 14.7. The van der Waals surface area contributed by atoms with E-state index in [-0.39, 0.29) is 0 Å². The van der Waals surface area contributed by atoms with Gasteiger partial charge in [0.2, 0.25) is 0 Å². The van der Waals surface area contributed by atoms with Gasteiger partial charge in [0, 0.05) is 21.5 Å². The summed E-state index contributed by atoms with van der Waals surface area (Å²) in [6.45, 7) is 6.14. The number of anilines is 1. The van der Waals surface area contributed by atoms with Gasteiger partial charge >= 0.3 is 0 Å². The SMILES string of the molecule is CC(C)c1cc2c3c(ccc2s1)OCCN3. The van der Waals surface area contributed by atoms with E-state index in [1.54, 1.807) is 0 Å². The summed E-state index contributed by atoms with van der Waals surface area (Å²) in [6, 6.07) is 6.54. The molecule has 0 fully saturated rings. The summed E-state index contributed by atoms with van der Waals surface area (Å²) in [7, 11) is 0. The van der Waals surface area contributed by atoms with Crippen LogP contribution in [0.15, 0.2) is 18.2 Å². The van der Waals surface area contributed by atoms with Gasteiger partial charge in [-0.05, 0) is 24.1 Å². The van der Waals surface area contributed by atoms with Crippen molar-refractivity contribution in [3.05, 3.63) is 23.1 Å². The molecule has 0 spiro atoms. The van der Waals surface area contributed by atoms with Crippen molar-refractivity contribution in [3.63, 3.8) is 0 Å². The van der Waals surface area contributed by atoms with Crippen molar-refractivity contribution in [2.45, 2.75) is 19.8 Å². The van der Waals surface area contributed by atoms with Crippen LogP contribution in [0, 0.1) is 0 Å². The summed E-state index contributed by atoms with van der Waals surface area (Å²) < 4.78 is 6.99. The molecule has 0 saturated heterocycles. The minimum absolute atomic E-state index is 0.595. The number of nitrogens with one attached hydrogen (secondary N) is 1. The Morgan fingerprint density at radius 3 is 3.06 bits per heavy atom. The van der Waals surface area contributed by atoms with Crippen LogP contribution < -0.4 is 10.1 Å². The highest BCUT2D eigenvalue weighted by molar-refractivity contribution is 7.19. The summed E-state index contributed by atoms with van der Waals surface area (Å²) in [4.78, 5) is 1.44. The Hall–Kier alpha value is -1.22. The first-order chi connectivity index (χ1) is 7.75. The molecule has 0 bridgehead atoms. The van der Waals surface area contributed by atoms with Gasteiger partial charge in [0.05, 0.1) is 5.69 Å². The van der Waals surface area contributed by atoms with Crippen LogP contribution in [0.25, 0.3) is 10.1 Å². The summed E-state index contributed by atoms with van der Waals surface area (Å²) in [6.07, 6.45) is 0. The van der Waals surface area contributed by atoms with Gasteiger partial charge in [-0.15, -0.1) is 11.3 Å². The Morgan fingerprint density at radius 2 is 2.25 bits per heavy atom. The van der Waals surface area contributed by atoms with Crippen LogP contribution >= 0.6 is 11.3 Å². The van der Waals surface area contributed by atoms with Crippen LogP contribution in [0.2, 0.25) is 0 Å². The molecule has 1 aliphatic rings. The van der Waals surface area contributed by atoms with E-state index >= 15 is 0 Å². The molecule has 0 saturated carbocycles. The Morgan fingerprint density at radius 1 is 1.38 bits per heavy atom. The van der Waals surface area contributed by atoms with Crippen LogP contribution in [0.4, 0.5) is 5.69 Å². The zero-order valence-corrected chi connectivity index (χ0v) is 10.4. The van der Waals surface area contributed by atoms with Gasteiger partial charge < -0.3 is 10.1 Å². The van der Waals surface area contributed by atoms with Gasteiger partial charge in [-0.25, -0.2) is 0 Å². The number of ether oxygens (including phenoxy) is 1. The lowest BCUT2D eigenvalue weighted by molar-refractivity contribution is 0.324. The Bertz CT molecular complexity index is 530. The second-order valence-corrected chi connectivity index (χ2v) is 5.54.